The van der Waals surface area contributed by atoms with Gasteiger partial charge >= 0.3 is 0 Å². The fourth-order valence-electron chi connectivity index (χ4n) is 10.4. The van der Waals surface area contributed by atoms with Crippen LogP contribution in [0.4, 0.5) is 0 Å². The van der Waals surface area contributed by atoms with Crippen LogP contribution in [0.25, 0.3) is 116 Å². The summed E-state index contributed by atoms with van der Waals surface area (Å²) in [4.78, 5) is 10.5. The molecule has 304 valence electrons. The Morgan fingerprint density at radius 1 is 0.294 bits per heavy atom. The lowest BCUT2D eigenvalue weighted by Crippen LogP contribution is -2.55. The number of hydrogen-bond acceptors (Lipinski definition) is 2. The molecule has 5 nitrogen and oxygen atoms in total. The van der Waals surface area contributed by atoms with Crippen molar-refractivity contribution in [3.63, 3.8) is 0 Å². The summed E-state index contributed by atoms with van der Waals surface area (Å²) in [5, 5.41) is 6.86. The average Bonchev–Trinajstić information content (AvgIpc) is 4.03. The molecule has 0 bridgehead atoms. The summed E-state index contributed by atoms with van der Waals surface area (Å²) in [6, 6.07) is 68.1. The Labute approximate surface area is 398 Å². The molecule has 0 fully saturated rings. The molecule has 9 aromatic carbocycles. The molecule has 4 aromatic heterocycles. The van der Waals surface area contributed by atoms with Gasteiger partial charge in [-0.1, -0.05) is 150 Å². The van der Waals surface area contributed by atoms with E-state index in [2.05, 4.69) is 171 Å². The Balaban J connectivity index is 1.26. The van der Waals surface area contributed by atoms with Gasteiger partial charge in [-0.15, -0.1) is 16.4 Å². The van der Waals surface area contributed by atoms with Gasteiger partial charge in [-0.25, -0.2) is 9.97 Å². The highest BCUT2D eigenvalue weighted by Crippen LogP contribution is 2.45. The Morgan fingerprint density at radius 2 is 0.618 bits per heavy atom. The summed E-state index contributed by atoms with van der Waals surface area (Å²) in [6.07, 6.45) is 0. The second-order valence-electron chi connectivity index (χ2n) is 17.2. The largest absolute Gasteiger partial charge is 0.307 e. The van der Waals surface area contributed by atoms with E-state index in [1.54, 1.807) is 0 Å². The lowest BCUT2D eigenvalue weighted by molar-refractivity contribution is 1.05. The van der Waals surface area contributed by atoms with Gasteiger partial charge in [-0.2, -0.15) is 0 Å². The van der Waals surface area contributed by atoms with Gasteiger partial charge in [0.05, 0.1) is 61.6 Å². The first-order valence-electron chi connectivity index (χ1n) is 22.5. The predicted octanol–water partition coefficient (Wildman–Crippen LogP) is 8.74. The molecule has 0 aliphatic carbocycles. The Kier molecular flexibility index (Phi) is 9.10. The van der Waals surface area contributed by atoms with Crippen LogP contribution in [0, 0.1) is 0 Å². The lowest BCUT2D eigenvalue weighted by Gasteiger charge is -2.24. The fraction of sp³-hybridized carbons (Fsp3) is 0. The van der Waals surface area contributed by atoms with E-state index in [0.29, 0.717) is 22.8 Å². The third kappa shape index (κ3) is 5.90. The van der Waals surface area contributed by atoms with E-state index in [0.717, 1.165) is 93.6 Å². The zero-order chi connectivity index (χ0) is 45.8. The van der Waals surface area contributed by atoms with Crippen molar-refractivity contribution in [2.45, 2.75) is 0 Å². The van der Waals surface area contributed by atoms with Gasteiger partial charge in [-0.3, -0.25) is 0 Å². The maximum atomic E-state index is 6.81. The van der Waals surface area contributed by atoms with Crippen molar-refractivity contribution >= 4 is 132 Å². The Hall–Kier alpha value is -8.22. The highest BCUT2D eigenvalue weighted by atomic mass is 15.1. The van der Waals surface area contributed by atoms with Crippen LogP contribution in [-0.2, 0) is 0 Å². The van der Waals surface area contributed by atoms with Crippen molar-refractivity contribution < 1.29 is 0 Å². The van der Waals surface area contributed by atoms with E-state index in [4.69, 9.17) is 49.2 Å². The van der Waals surface area contributed by atoms with Crippen LogP contribution < -0.4 is 27.3 Å². The van der Waals surface area contributed by atoms with E-state index < -0.39 is 0 Å². The molecule has 13 rings (SSSR count). The van der Waals surface area contributed by atoms with Gasteiger partial charge in [0.25, 0.3) is 0 Å². The summed E-state index contributed by atoms with van der Waals surface area (Å²) in [6.45, 7) is 0. The molecule has 13 aromatic rings. The maximum absolute atomic E-state index is 6.81. The van der Waals surface area contributed by atoms with Crippen molar-refractivity contribution in [3.8, 4) is 51.0 Å². The normalized spacial score (nSPS) is 11.8. The number of aromatic nitrogens is 5. The second kappa shape index (κ2) is 15.4. The van der Waals surface area contributed by atoms with Crippen LogP contribution in [-0.4, -0.2) is 62.9 Å². The molecular weight excluding hydrogens is 821 g/mol. The van der Waals surface area contributed by atoms with Crippen LogP contribution in [0.1, 0.15) is 0 Å². The minimum absolute atomic E-state index is 0.133. The van der Waals surface area contributed by atoms with Gasteiger partial charge in [0.15, 0.2) is 5.82 Å². The molecule has 0 unspecified atom stereocenters. The zero-order valence-corrected chi connectivity index (χ0v) is 36.6. The Morgan fingerprint density at radius 3 is 1.01 bits per heavy atom. The predicted molar refractivity (Wildman–Crippen MR) is 288 cm³/mol. The van der Waals surface area contributed by atoms with Gasteiger partial charge in [0.2, 0.25) is 0 Å². The first kappa shape index (κ1) is 40.1. The fourth-order valence-corrected chi connectivity index (χ4v) is 10.4. The Bertz CT molecular complexity index is 3900. The van der Waals surface area contributed by atoms with E-state index >= 15 is 0 Å². The number of rotatable bonds is 6. The van der Waals surface area contributed by atoms with Gasteiger partial charge in [-0.05, 0) is 60.2 Å². The van der Waals surface area contributed by atoms with Crippen LogP contribution >= 0.6 is 0 Å². The minimum Gasteiger partial charge on any atom is -0.307 e. The van der Waals surface area contributed by atoms with E-state index in [1.165, 1.54) is 0 Å². The molecule has 0 N–H and O–H groups in total. The zero-order valence-electron chi connectivity index (χ0n) is 36.6. The van der Waals surface area contributed by atoms with E-state index in [-0.39, 0.29) is 27.3 Å². The number of para-hydroxylation sites is 6. The molecule has 10 heteroatoms. The molecule has 0 saturated carbocycles. The number of benzene rings is 9. The number of hydrogen-bond donors (Lipinski definition) is 0. The molecule has 10 radical (unpaired) electrons. The monoisotopic (exact) mass is 853 g/mol. The van der Waals surface area contributed by atoms with Crippen LogP contribution in [0.3, 0.4) is 0 Å². The van der Waals surface area contributed by atoms with Crippen molar-refractivity contribution in [2.24, 2.45) is 0 Å². The quantitative estimate of drug-likeness (QED) is 0.157. The van der Waals surface area contributed by atoms with Crippen LogP contribution in [0.2, 0.25) is 0 Å². The minimum atomic E-state index is 0.133. The third-order valence-electron chi connectivity index (χ3n) is 13.5. The summed E-state index contributed by atoms with van der Waals surface area (Å²) in [5.41, 5.74) is 13.1. The molecule has 0 spiro atoms. The number of nitrogens with zero attached hydrogens (tertiary/aromatic N) is 5. The van der Waals surface area contributed by atoms with Gasteiger partial charge in [0.1, 0.15) is 39.2 Å². The molecule has 0 aliphatic heterocycles. The van der Waals surface area contributed by atoms with Gasteiger partial charge < -0.3 is 13.7 Å². The lowest BCUT2D eigenvalue weighted by atomic mass is 9.60. The summed E-state index contributed by atoms with van der Waals surface area (Å²) in [5.74, 6) is 0.467. The van der Waals surface area contributed by atoms with Crippen molar-refractivity contribution in [2.75, 3.05) is 0 Å². The number of fused-ring (bicyclic) bond motifs is 9. The highest BCUT2D eigenvalue weighted by molar-refractivity contribution is 6.68. The smallest absolute Gasteiger partial charge is 0.160 e. The van der Waals surface area contributed by atoms with E-state index in [9.17, 15) is 0 Å². The van der Waals surface area contributed by atoms with Crippen LogP contribution in [0.5, 0.6) is 0 Å². The topological polar surface area (TPSA) is 40.6 Å². The molecule has 0 aliphatic rings. The first-order chi connectivity index (χ1) is 33.4. The highest BCUT2D eigenvalue weighted by Gasteiger charge is 2.27. The summed E-state index contributed by atoms with van der Waals surface area (Å²) >= 11 is 0. The average molecular weight is 853 g/mol. The van der Waals surface area contributed by atoms with Crippen molar-refractivity contribution in [1.82, 2.24) is 23.7 Å². The third-order valence-corrected chi connectivity index (χ3v) is 13.5. The maximum Gasteiger partial charge on any atom is 0.160 e. The molecule has 0 amide bonds. The molecular formula is C58H32B5N5. The second-order valence-corrected chi connectivity index (χ2v) is 17.2. The molecule has 68 heavy (non-hydrogen) atoms. The molecule has 4 heterocycles. The van der Waals surface area contributed by atoms with Gasteiger partial charge in [0, 0.05) is 43.4 Å². The van der Waals surface area contributed by atoms with Crippen molar-refractivity contribution in [1.29, 1.82) is 0 Å². The first-order valence-corrected chi connectivity index (χ1v) is 22.5. The van der Waals surface area contributed by atoms with Crippen LogP contribution in [0.15, 0.2) is 194 Å². The van der Waals surface area contributed by atoms with Crippen molar-refractivity contribution in [3.05, 3.63) is 194 Å². The standard InChI is InChI=1S/C58H32B5N5/c59-52-51(53(60)55(62)56(63)54(52)61)42-32-41(64-58(65-42)33-16-2-1-3-17-33)34-30-49(66-43-24-10-4-18-35(43)36-19-5-11-25-44(36)66)57(68-47-28-14-8-22-39(47)40-23-9-15-29-48(40)68)50(31-34)67-45-26-12-6-20-37(45)38-21-7-13-27-46(38)67/h1-32H. The summed E-state index contributed by atoms with van der Waals surface area (Å²) < 4.78 is 7.25. The van der Waals surface area contributed by atoms with E-state index in [1.807, 2.05) is 36.4 Å². The summed E-state index contributed by atoms with van der Waals surface area (Å²) in [7, 11) is 33.0. The molecule has 0 saturated heterocycles. The molecule has 0 atom stereocenters. The SMILES string of the molecule is [B]c1c([B])c([B])c(-c2cc(-c3cc(-n4c5ccccc5c5ccccc54)c(-n4c5ccccc5c5ccccc54)c(-n4c5ccccc5c5ccccc54)c3)nc(-c3ccccc3)n2)c([B])c1[B].